The van der Waals surface area contributed by atoms with Crippen LogP contribution in [0.5, 0.6) is 0 Å². The van der Waals surface area contributed by atoms with Crippen LogP contribution >= 0.6 is 0 Å². The van der Waals surface area contributed by atoms with Gasteiger partial charge in [-0.2, -0.15) is 0 Å². The predicted octanol–water partition coefficient (Wildman–Crippen LogP) is 2.83. The monoisotopic (exact) mass is 271 g/mol. The van der Waals surface area contributed by atoms with E-state index >= 15 is 0 Å². The van der Waals surface area contributed by atoms with Crippen LogP contribution in [0, 0.1) is 5.82 Å². The standard InChI is InChI=1S/C15H14FN3O/c16-12-6-11(8-17-9-12)15(20)19-13-3-4-14-10(7-13)2-1-5-18-14/h3-4,6-9,18H,1-2,5H2,(H,19,20). The molecule has 3 rings (SSSR count). The van der Waals surface area contributed by atoms with Gasteiger partial charge in [0.2, 0.25) is 0 Å². The third kappa shape index (κ3) is 2.61. The van der Waals surface area contributed by atoms with Gasteiger partial charge in [-0.3, -0.25) is 9.78 Å². The average molecular weight is 271 g/mol. The Morgan fingerprint density at radius 2 is 2.20 bits per heavy atom. The summed E-state index contributed by atoms with van der Waals surface area (Å²) < 4.78 is 13.0. The molecular formula is C15H14FN3O. The van der Waals surface area contributed by atoms with Gasteiger partial charge in [0.05, 0.1) is 11.8 Å². The molecule has 0 atom stereocenters. The molecule has 1 aromatic heterocycles. The second kappa shape index (κ2) is 5.28. The van der Waals surface area contributed by atoms with E-state index in [1.54, 1.807) is 0 Å². The third-order valence-electron chi connectivity index (χ3n) is 3.27. The average Bonchev–Trinajstić information content (AvgIpc) is 2.47. The number of nitrogens with one attached hydrogen (secondary N) is 2. The van der Waals surface area contributed by atoms with E-state index in [1.165, 1.54) is 17.8 Å². The molecule has 0 aliphatic carbocycles. The van der Waals surface area contributed by atoms with Crippen LogP contribution in [-0.2, 0) is 6.42 Å². The first-order chi connectivity index (χ1) is 9.72. The highest BCUT2D eigenvalue weighted by atomic mass is 19.1. The first-order valence-electron chi connectivity index (χ1n) is 6.51. The molecular weight excluding hydrogens is 257 g/mol. The number of carbonyl (C=O) groups is 1. The van der Waals surface area contributed by atoms with E-state index in [-0.39, 0.29) is 11.5 Å². The summed E-state index contributed by atoms with van der Waals surface area (Å²) in [5.74, 6) is -0.881. The van der Waals surface area contributed by atoms with Crippen LogP contribution in [0.4, 0.5) is 15.8 Å². The molecule has 0 bridgehead atoms. The molecule has 0 saturated carbocycles. The molecule has 1 aromatic carbocycles. The van der Waals surface area contributed by atoms with Gasteiger partial charge in [0.1, 0.15) is 5.82 Å². The van der Waals surface area contributed by atoms with Crippen molar-refractivity contribution in [2.75, 3.05) is 17.2 Å². The van der Waals surface area contributed by atoms with Crippen molar-refractivity contribution < 1.29 is 9.18 Å². The summed E-state index contributed by atoms with van der Waals surface area (Å²) in [6, 6.07) is 6.91. The predicted molar refractivity (Wildman–Crippen MR) is 75.4 cm³/mol. The topological polar surface area (TPSA) is 54.0 Å². The Labute approximate surface area is 116 Å². The Bertz CT molecular complexity index is 657. The summed E-state index contributed by atoms with van der Waals surface area (Å²) in [5, 5.41) is 6.07. The molecule has 0 unspecified atom stereocenters. The number of hydrogen-bond donors (Lipinski definition) is 2. The van der Waals surface area contributed by atoms with Crippen molar-refractivity contribution in [2.45, 2.75) is 12.8 Å². The number of carbonyl (C=O) groups excluding carboxylic acids is 1. The highest BCUT2D eigenvalue weighted by Crippen LogP contribution is 2.25. The van der Waals surface area contributed by atoms with Gasteiger partial charge in [-0.15, -0.1) is 0 Å². The molecule has 2 N–H and O–H groups in total. The minimum Gasteiger partial charge on any atom is -0.385 e. The number of aryl methyl sites for hydroxylation is 1. The number of hydrogen-bond acceptors (Lipinski definition) is 3. The molecule has 20 heavy (non-hydrogen) atoms. The van der Waals surface area contributed by atoms with Crippen LogP contribution in [0.2, 0.25) is 0 Å². The van der Waals surface area contributed by atoms with Crippen molar-refractivity contribution in [1.29, 1.82) is 0 Å². The van der Waals surface area contributed by atoms with Gasteiger partial charge in [-0.05, 0) is 42.7 Å². The first-order valence-corrected chi connectivity index (χ1v) is 6.51. The maximum atomic E-state index is 13.0. The number of pyridine rings is 1. The lowest BCUT2D eigenvalue weighted by molar-refractivity contribution is 0.102. The molecule has 2 heterocycles. The number of halogens is 1. The van der Waals surface area contributed by atoms with Gasteiger partial charge >= 0.3 is 0 Å². The maximum Gasteiger partial charge on any atom is 0.257 e. The number of fused-ring (bicyclic) bond motifs is 1. The zero-order valence-electron chi connectivity index (χ0n) is 10.8. The number of amides is 1. The molecule has 1 aliphatic heterocycles. The number of benzene rings is 1. The van der Waals surface area contributed by atoms with Gasteiger partial charge in [-0.1, -0.05) is 0 Å². The SMILES string of the molecule is O=C(Nc1ccc2c(c1)CCCN2)c1cncc(F)c1. The van der Waals surface area contributed by atoms with E-state index in [1.807, 2.05) is 18.2 Å². The third-order valence-corrected chi connectivity index (χ3v) is 3.27. The van der Waals surface area contributed by atoms with Crippen molar-refractivity contribution >= 4 is 17.3 Å². The smallest absolute Gasteiger partial charge is 0.257 e. The van der Waals surface area contributed by atoms with Crippen molar-refractivity contribution in [2.24, 2.45) is 0 Å². The minimum atomic E-state index is -0.521. The van der Waals surface area contributed by atoms with Crippen LogP contribution in [-0.4, -0.2) is 17.4 Å². The van der Waals surface area contributed by atoms with E-state index in [2.05, 4.69) is 15.6 Å². The molecule has 0 radical (unpaired) electrons. The number of anilines is 2. The van der Waals surface area contributed by atoms with Crippen LogP contribution < -0.4 is 10.6 Å². The normalized spacial score (nSPS) is 13.2. The van der Waals surface area contributed by atoms with E-state index in [9.17, 15) is 9.18 Å². The van der Waals surface area contributed by atoms with Crippen LogP contribution in [0.25, 0.3) is 0 Å². The summed E-state index contributed by atoms with van der Waals surface area (Å²) in [7, 11) is 0. The maximum absolute atomic E-state index is 13.0. The fourth-order valence-corrected chi connectivity index (χ4v) is 2.29. The molecule has 1 amide bonds. The van der Waals surface area contributed by atoms with E-state index in [0.717, 1.165) is 31.3 Å². The van der Waals surface area contributed by atoms with Crippen LogP contribution in [0.15, 0.2) is 36.7 Å². The quantitative estimate of drug-likeness (QED) is 0.883. The molecule has 1 aliphatic rings. The van der Waals surface area contributed by atoms with Gasteiger partial charge < -0.3 is 10.6 Å². The van der Waals surface area contributed by atoms with E-state index < -0.39 is 5.82 Å². The fourth-order valence-electron chi connectivity index (χ4n) is 2.29. The zero-order chi connectivity index (χ0) is 13.9. The van der Waals surface area contributed by atoms with E-state index in [0.29, 0.717) is 5.69 Å². The Balaban J connectivity index is 1.79. The number of aromatic nitrogens is 1. The summed E-state index contributed by atoms with van der Waals surface area (Å²) in [5.41, 5.74) is 3.22. The fraction of sp³-hybridized carbons (Fsp3) is 0.200. The second-order valence-electron chi connectivity index (χ2n) is 4.75. The van der Waals surface area contributed by atoms with Crippen LogP contribution in [0.1, 0.15) is 22.3 Å². The molecule has 0 spiro atoms. The van der Waals surface area contributed by atoms with Gasteiger partial charge in [0, 0.05) is 24.1 Å². The number of rotatable bonds is 2. The lowest BCUT2D eigenvalue weighted by Gasteiger charge is -2.18. The summed E-state index contributed by atoms with van der Waals surface area (Å²) in [6.45, 7) is 0.980. The van der Waals surface area contributed by atoms with Gasteiger partial charge in [0.25, 0.3) is 5.91 Å². The van der Waals surface area contributed by atoms with Crippen molar-refractivity contribution in [3.63, 3.8) is 0 Å². The Morgan fingerprint density at radius 1 is 1.30 bits per heavy atom. The van der Waals surface area contributed by atoms with Gasteiger partial charge in [-0.25, -0.2) is 4.39 Å². The van der Waals surface area contributed by atoms with Crippen molar-refractivity contribution in [1.82, 2.24) is 4.98 Å². The van der Waals surface area contributed by atoms with Crippen molar-refractivity contribution in [3.8, 4) is 0 Å². The molecule has 102 valence electrons. The zero-order valence-corrected chi connectivity index (χ0v) is 10.8. The second-order valence-corrected chi connectivity index (χ2v) is 4.75. The summed E-state index contributed by atoms with van der Waals surface area (Å²) in [6.07, 6.45) is 4.49. The molecule has 5 heteroatoms. The Kier molecular flexibility index (Phi) is 3.33. The molecule has 4 nitrogen and oxygen atoms in total. The Morgan fingerprint density at radius 3 is 3.05 bits per heavy atom. The first kappa shape index (κ1) is 12.6. The Hall–Kier alpha value is -2.43. The lowest BCUT2D eigenvalue weighted by atomic mass is 10.0. The van der Waals surface area contributed by atoms with Crippen LogP contribution in [0.3, 0.4) is 0 Å². The number of nitrogens with zero attached hydrogens (tertiary/aromatic N) is 1. The molecule has 0 fully saturated rings. The van der Waals surface area contributed by atoms with Crippen molar-refractivity contribution in [3.05, 3.63) is 53.6 Å². The van der Waals surface area contributed by atoms with Gasteiger partial charge in [0.15, 0.2) is 0 Å². The highest BCUT2D eigenvalue weighted by Gasteiger charge is 2.11. The molecule has 0 saturated heterocycles. The molecule has 2 aromatic rings. The highest BCUT2D eigenvalue weighted by molar-refractivity contribution is 6.04. The van der Waals surface area contributed by atoms with E-state index in [4.69, 9.17) is 0 Å². The lowest BCUT2D eigenvalue weighted by Crippen LogP contribution is -2.15. The largest absolute Gasteiger partial charge is 0.385 e. The minimum absolute atomic E-state index is 0.209. The summed E-state index contributed by atoms with van der Waals surface area (Å²) >= 11 is 0. The summed E-state index contributed by atoms with van der Waals surface area (Å²) in [4.78, 5) is 15.7.